The Bertz CT molecular complexity index is 340. The predicted octanol–water partition coefficient (Wildman–Crippen LogP) is 1.66. The molecular formula is C6H3Cl2NO3S. The zero-order valence-electron chi connectivity index (χ0n) is 6.07. The average molecular weight is 240 g/mol. The molecule has 0 radical (unpaired) electrons. The normalized spacial score (nSPS) is 12.2. The Labute approximate surface area is 86.0 Å². The van der Waals surface area contributed by atoms with Gasteiger partial charge < -0.3 is 4.18 Å². The molecule has 1 rings (SSSR count). The molecule has 1 unspecified atom stereocenters. The summed E-state index contributed by atoms with van der Waals surface area (Å²) < 4.78 is 14.9. The minimum atomic E-state index is -1.94. The standard InChI is InChI=1S/C6H3Cl2NO3S/c7-6(10)4-1-2-5(9-3-4)12-13(8)11/h1-3H. The van der Waals surface area contributed by atoms with Gasteiger partial charge in [0.05, 0.1) is 5.56 Å². The highest BCUT2D eigenvalue weighted by molar-refractivity contribution is 8.04. The SMILES string of the molecule is O=C(Cl)c1ccc(OS(=O)Cl)nc1. The van der Waals surface area contributed by atoms with Gasteiger partial charge in [0, 0.05) is 22.9 Å². The fourth-order valence-corrected chi connectivity index (χ4v) is 1.15. The van der Waals surface area contributed by atoms with E-state index in [-0.39, 0.29) is 11.4 Å². The molecule has 1 heterocycles. The molecule has 7 heteroatoms. The highest BCUT2D eigenvalue weighted by Gasteiger charge is 2.04. The van der Waals surface area contributed by atoms with Crippen molar-refractivity contribution in [2.75, 3.05) is 0 Å². The molecule has 0 N–H and O–H groups in total. The van der Waals surface area contributed by atoms with Crippen LogP contribution in [-0.2, 0) is 10.3 Å². The molecule has 0 fully saturated rings. The Kier molecular flexibility index (Phi) is 3.65. The lowest BCUT2D eigenvalue weighted by atomic mass is 10.3. The molecule has 1 atom stereocenters. The monoisotopic (exact) mass is 239 g/mol. The van der Waals surface area contributed by atoms with E-state index in [0.717, 1.165) is 0 Å². The Morgan fingerprint density at radius 2 is 2.23 bits per heavy atom. The number of hydrogen-bond acceptors (Lipinski definition) is 4. The van der Waals surface area contributed by atoms with Crippen LogP contribution in [0.25, 0.3) is 0 Å². The van der Waals surface area contributed by atoms with Crippen LogP contribution in [0.15, 0.2) is 18.3 Å². The lowest BCUT2D eigenvalue weighted by Gasteiger charge is -1.97. The number of halogens is 2. The number of rotatable bonds is 3. The Morgan fingerprint density at radius 1 is 1.54 bits per heavy atom. The Balaban J connectivity index is 2.81. The summed E-state index contributed by atoms with van der Waals surface area (Å²) in [5, 5.41) is -0.619. The van der Waals surface area contributed by atoms with E-state index in [2.05, 4.69) is 9.17 Å². The lowest BCUT2D eigenvalue weighted by molar-refractivity contribution is 0.108. The molecule has 1 aromatic heterocycles. The molecule has 13 heavy (non-hydrogen) atoms. The minimum Gasteiger partial charge on any atom is -0.368 e. The third-order valence-corrected chi connectivity index (χ3v) is 1.82. The third kappa shape index (κ3) is 3.30. The van der Waals surface area contributed by atoms with Crippen molar-refractivity contribution in [2.45, 2.75) is 0 Å². The summed E-state index contributed by atoms with van der Waals surface area (Å²) in [4.78, 5) is 14.2. The predicted molar refractivity (Wildman–Crippen MR) is 49.0 cm³/mol. The summed E-state index contributed by atoms with van der Waals surface area (Å²) in [6.45, 7) is 0. The van der Waals surface area contributed by atoms with Gasteiger partial charge >= 0.3 is 10.3 Å². The highest BCUT2D eigenvalue weighted by Crippen LogP contribution is 2.11. The molecule has 0 amide bonds. The summed E-state index contributed by atoms with van der Waals surface area (Å²) in [5.74, 6) is 0.0648. The van der Waals surface area contributed by atoms with E-state index in [9.17, 15) is 9.00 Å². The zero-order valence-corrected chi connectivity index (χ0v) is 8.40. The van der Waals surface area contributed by atoms with Crippen molar-refractivity contribution in [1.29, 1.82) is 0 Å². The summed E-state index contributed by atoms with van der Waals surface area (Å²) in [5.41, 5.74) is 0.231. The van der Waals surface area contributed by atoms with Gasteiger partial charge in [-0.2, -0.15) is 4.21 Å². The van der Waals surface area contributed by atoms with Gasteiger partial charge in [0.2, 0.25) is 5.88 Å². The molecule has 1 aromatic rings. The van der Waals surface area contributed by atoms with Crippen LogP contribution in [0.4, 0.5) is 0 Å². The summed E-state index contributed by atoms with van der Waals surface area (Å²) in [7, 11) is 3.09. The number of nitrogens with zero attached hydrogens (tertiary/aromatic N) is 1. The Hall–Kier alpha value is -0.650. The molecule has 0 aliphatic heterocycles. The fraction of sp³-hybridized carbons (Fsp3) is 0. The summed E-state index contributed by atoms with van der Waals surface area (Å²) in [6, 6.07) is 2.73. The first-order valence-corrected chi connectivity index (χ1v) is 5.30. The molecule has 0 spiro atoms. The van der Waals surface area contributed by atoms with Crippen LogP contribution >= 0.6 is 22.3 Å². The van der Waals surface area contributed by atoms with Gasteiger partial charge in [-0.15, -0.1) is 0 Å². The van der Waals surface area contributed by atoms with Crippen LogP contribution in [0.1, 0.15) is 10.4 Å². The van der Waals surface area contributed by atoms with Crippen LogP contribution in [0, 0.1) is 0 Å². The summed E-state index contributed by atoms with van der Waals surface area (Å²) >= 11 is 5.16. The first kappa shape index (κ1) is 10.4. The summed E-state index contributed by atoms with van der Waals surface area (Å²) in [6.07, 6.45) is 1.20. The maximum Gasteiger partial charge on any atom is 0.310 e. The average Bonchev–Trinajstić information content (AvgIpc) is 2.04. The third-order valence-electron chi connectivity index (χ3n) is 1.11. The number of carbonyl (C=O) groups is 1. The van der Waals surface area contributed by atoms with Crippen molar-refractivity contribution < 1.29 is 13.2 Å². The van der Waals surface area contributed by atoms with Gasteiger partial charge in [0.1, 0.15) is 0 Å². The highest BCUT2D eigenvalue weighted by atomic mass is 35.7. The van der Waals surface area contributed by atoms with E-state index >= 15 is 0 Å². The van der Waals surface area contributed by atoms with Gasteiger partial charge in [0.15, 0.2) is 0 Å². The molecule has 0 saturated heterocycles. The number of hydrogen-bond donors (Lipinski definition) is 0. The maximum absolute atomic E-state index is 10.6. The van der Waals surface area contributed by atoms with Crippen molar-refractivity contribution in [1.82, 2.24) is 4.98 Å². The second kappa shape index (κ2) is 4.55. The molecule has 0 saturated carbocycles. The van der Waals surface area contributed by atoms with E-state index in [1.165, 1.54) is 18.3 Å². The van der Waals surface area contributed by atoms with Crippen LogP contribution in [-0.4, -0.2) is 14.4 Å². The largest absolute Gasteiger partial charge is 0.368 e. The second-order valence-corrected chi connectivity index (χ2v) is 3.59. The lowest BCUT2D eigenvalue weighted by Crippen LogP contribution is -1.96. The molecular weight excluding hydrogens is 237 g/mol. The number of aromatic nitrogens is 1. The van der Waals surface area contributed by atoms with Crippen LogP contribution in [0.5, 0.6) is 5.88 Å². The van der Waals surface area contributed by atoms with Crippen LogP contribution < -0.4 is 4.18 Å². The smallest absolute Gasteiger partial charge is 0.310 e. The van der Waals surface area contributed by atoms with Gasteiger partial charge in [-0.1, -0.05) is 0 Å². The van der Waals surface area contributed by atoms with E-state index in [1.54, 1.807) is 0 Å². The van der Waals surface area contributed by atoms with Crippen molar-refractivity contribution >= 4 is 37.8 Å². The van der Waals surface area contributed by atoms with Crippen LogP contribution in [0.3, 0.4) is 0 Å². The van der Waals surface area contributed by atoms with Gasteiger partial charge in [-0.05, 0) is 17.7 Å². The van der Waals surface area contributed by atoms with Gasteiger partial charge in [-0.25, -0.2) is 4.98 Å². The Morgan fingerprint density at radius 3 is 2.62 bits per heavy atom. The second-order valence-electron chi connectivity index (χ2n) is 1.94. The number of pyridine rings is 1. The first-order chi connectivity index (χ1) is 6.09. The van der Waals surface area contributed by atoms with Crippen molar-refractivity contribution in [3.8, 4) is 5.88 Å². The molecule has 0 aromatic carbocycles. The number of carbonyl (C=O) groups excluding carboxylic acids is 1. The molecule has 70 valence electrons. The molecule has 0 aliphatic carbocycles. The van der Waals surface area contributed by atoms with Gasteiger partial charge in [0.25, 0.3) is 5.24 Å². The van der Waals surface area contributed by atoms with Crippen molar-refractivity contribution in [3.63, 3.8) is 0 Å². The van der Waals surface area contributed by atoms with E-state index in [4.69, 9.17) is 22.3 Å². The fourth-order valence-electron chi connectivity index (χ4n) is 0.613. The first-order valence-electron chi connectivity index (χ1n) is 3.02. The van der Waals surface area contributed by atoms with E-state index in [0.29, 0.717) is 0 Å². The van der Waals surface area contributed by atoms with Crippen LogP contribution in [0.2, 0.25) is 0 Å². The minimum absolute atomic E-state index is 0.0648. The zero-order chi connectivity index (χ0) is 9.84. The van der Waals surface area contributed by atoms with Crippen molar-refractivity contribution in [3.05, 3.63) is 23.9 Å². The van der Waals surface area contributed by atoms with Crippen molar-refractivity contribution in [2.24, 2.45) is 0 Å². The van der Waals surface area contributed by atoms with Gasteiger partial charge in [-0.3, -0.25) is 4.79 Å². The molecule has 0 aliphatic rings. The van der Waals surface area contributed by atoms with E-state index < -0.39 is 15.5 Å². The topological polar surface area (TPSA) is 56.3 Å². The quantitative estimate of drug-likeness (QED) is 0.754. The molecule has 0 bridgehead atoms. The molecule has 4 nitrogen and oxygen atoms in total. The van der Waals surface area contributed by atoms with E-state index in [1.807, 2.05) is 0 Å². The maximum atomic E-state index is 10.6.